The van der Waals surface area contributed by atoms with Crippen molar-refractivity contribution in [3.05, 3.63) is 65.9 Å². The van der Waals surface area contributed by atoms with Gasteiger partial charge in [0.1, 0.15) is 24.2 Å². The predicted octanol–water partition coefficient (Wildman–Crippen LogP) is 3.59. The van der Waals surface area contributed by atoms with Crippen LogP contribution in [0, 0.1) is 0 Å². The third-order valence-corrected chi connectivity index (χ3v) is 5.53. The molecule has 6 heteroatoms. The van der Waals surface area contributed by atoms with Gasteiger partial charge in [0, 0.05) is 31.4 Å². The fourth-order valence-electron chi connectivity index (χ4n) is 4.05. The molecule has 0 saturated carbocycles. The smallest absolute Gasteiger partial charge is 0.258 e. The van der Waals surface area contributed by atoms with Crippen molar-refractivity contribution < 1.29 is 14.4 Å². The third kappa shape index (κ3) is 3.81. The molecule has 29 heavy (non-hydrogen) atoms. The second-order valence-electron chi connectivity index (χ2n) is 7.60. The van der Waals surface area contributed by atoms with E-state index >= 15 is 0 Å². The van der Waals surface area contributed by atoms with Crippen LogP contribution in [-0.4, -0.2) is 52.5 Å². The summed E-state index contributed by atoms with van der Waals surface area (Å²) in [6.45, 7) is 2.79. The summed E-state index contributed by atoms with van der Waals surface area (Å²) in [6, 6.07) is 11.5. The highest BCUT2D eigenvalue weighted by Gasteiger charge is 2.21. The predicted molar refractivity (Wildman–Crippen MR) is 111 cm³/mol. The number of aliphatic hydroxyl groups excluding tert-OH is 1. The van der Waals surface area contributed by atoms with E-state index in [1.54, 1.807) is 11.8 Å². The average molecular weight is 389 g/mol. The maximum atomic E-state index is 10.5. The Morgan fingerprint density at radius 1 is 1.24 bits per heavy atom. The van der Waals surface area contributed by atoms with E-state index in [0.29, 0.717) is 18.0 Å². The molecule has 1 atom stereocenters. The van der Waals surface area contributed by atoms with Gasteiger partial charge in [0.05, 0.1) is 5.39 Å². The quantitative estimate of drug-likeness (QED) is 0.695. The lowest BCUT2D eigenvalue weighted by atomic mass is 10.0. The minimum Gasteiger partial charge on any atom is -0.491 e. The molecule has 1 aliphatic carbocycles. The molecular weight excluding hydrogens is 366 g/mol. The van der Waals surface area contributed by atoms with Crippen LogP contribution in [0.25, 0.3) is 22.4 Å². The largest absolute Gasteiger partial charge is 0.491 e. The van der Waals surface area contributed by atoms with Crippen molar-refractivity contribution in [2.75, 3.05) is 26.2 Å². The number of fused-ring (bicyclic) bond motifs is 1. The van der Waals surface area contributed by atoms with Gasteiger partial charge in [0.25, 0.3) is 5.71 Å². The molecule has 2 aromatic heterocycles. The van der Waals surface area contributed by atoms with Crippen LogP contribution < -0.4 is 4.74 Å². The summed E-state index contributed by atoms with van der Waals surface area (Å²) >= 11 is 0. The molecule has 0 spiro atoms. The number of aliphatic hydroxyl groups is 1. The molecule has 0 amide bonds. The standard InChI is InChI=1S/C23H23N3O3/c27-19(14-26-11-9-16-4-1-6-18(16)13-26)15-28-20-7-2-5-17(12-20)22-21-8-3-10-24-23(21)29-25-22/h1-3,5-8,10,12,19,27H,4,9,11,13-15H2/t19-/m1/s1. The Morgan fingerprint density at radius 3 is 3.17 bits per heavy atom. The lowest BCUT2D eigenvalue weighted by Gasteiger charge is -2.29. The minimum atomic E-state index is -0.539. The van der Waals surface area contributed by atoms with E-state index in [-0.39, 0.29) is 6.61 Å². The molecule has 6 nitrogen and oxygen atoms in total. The normalized spacial score (nSPS) is 17.7. The van der Waals surface area contributed by atoms with Gasteiger partial charge in [-0.2, -0.15) is 0 Å². The topological polar surface area (TPSA) is 71.6 Å². The highest BCUT2D eigenvalue weighted by molar-refractivity contribution is 5.89. The fraction of sp³-hybridized carbons (Fsp3) is 0.304. The van der Waals surface area contributed by atoms with Crippen LogP contribution in [0.2, 0.25) is 0 Å². The Balaban J connectivity index is 1.21. The number of pyridine rings is 1. The van der Waals surface area contributed by atoms with Gasteiger partial charge in [-0.15, -0.1) is 0 Å². The highest BCUT2D eigenvalue weighted by Crippen LogP contribution is 2.29. The van der Waals surface area contributed by atoms with Gasteiger partial charge in [-0.1, -0.05) is 35.0 Å². The van der Waals surface area contributed by atoms with E-state index < -0.39 is 6.10 Å². The van der Waals surface area contributed by atoms with Gasteiger partial charge >= 0.3 is 0 Å². The first kappa shape index (κ1) is 18.1. The Kier molecular flexibility index (Phi) is 4.87. The van der Waals surface area contributed by atoms with Gasteiger partial charge in [0.2, 0.25) is 0 Å². The molecule has 148 valence electrons. The Labute approximate surface area is 169 Å². The number of β-amino-alcohol motifs (C(OH)–C–C–N with tert-alkyl or cyclic N) is 1. The monoisotopic (exact) mass is 389 g/mol. The Bertz CT molecular complexity index is 1090. The summed E-state index contributed by atoms with van der Waals surface area (Å²) < 4.78 is 11.2. The van der Waals surface area contributed by atoms with Crippen molar-refractivity contribution in [3.63, 3.8) is 0 Å². The molecule has 5 rings (SSSR count). The maximum Gasteiger partial charge on any atom is 0.258 e. The molecule has 0 saturated heterocycles. The molecule has 1 aromatic carbocycles. The van der Waals surface area contributed by atoms with E-state index in [4.69, 9.17) is 9.26 Å². The summed E-state index contributed by atoms with van der Waals surface area (Å²) in [5, 5.41) is 15.5. The molecule has 3 aromatic rings. The number of ether oxygens (including phenoxy) is 1. The Hall–Kier alpha value is -2.96. The van der Waals surface area contributed by atoms with Gasteiger partial charge in [-0.05, 0) is 42.7 Å². The number of hydrogen-bond acceptors (Lipinski definition) is 6. The molecule has 1 N–H and O–H groups in total. The number of aromatic nitrogens is 2. The zero-order chi connectivity index (χ0) is 19.6. The minimum absolute atomic E-state index is 0.253. The van der Waals surface area contributed by atoms with Crippen LogP contribution in [0.1, 0.15) is 12.8 Å². The van der Waals surface area contributed by atoms with Crippen molar-refractivity contribution in [2.24, 2.45) is 0 Å². The number of nitrogens with zero attached hydrogens (tertiary/aromatic N) is 3. The molecule has 0 bridgehead atoms. The van der Waals surface area contributed by atoms with Crippen LogP contribution >= 0.6 is 0 Å². The maximum absolute atomic E-state index is 10.5. The van der Waals surface area contributed by atoms with Gasteiger partial charge in [-0.25, -0.2) is 4.98 Å². The summed E-state index contributed by atoms with van der Waals surface area (Å²) in [5.74, 6) is 0.698. The van der Waals surface area contributed by atoms with Crippen LogP contribution in [-0.2, 0) is 0 Å². The lowest BCUT2D eigenvalue weighted by molar-refractivity contribution is 0.0702. The van der Waals surface area contributed by atoms with E-state index in [2.05, 4.69) is 27.2 Å². The second-order valence-corrected chi connectivity index (χ2v) is 7.60. The van der Waals surface area contributed by atoms with Crippen molar-refractivity contribution in [3.8, 4) is 17.0 Å². The molecule has 3 heterocycles. The van der Waals surface area contributed by atoms with Gasteiger partial charge in [-0.3, -0.25) is 4.90 Å². The third-order valence-electron chi connectivity index (χ3n) is 5.53. The second kappa shape index (κ2) is 7.81. The van der Waals surface area contributed by atoms with E-state index in [1.165, 1.54) is 5.57 Å². The van der Waals surface area contributed by atoms with Crippen molar-refractivity contribution >= 4 is 11.1 Å². The summed E-state index contributed by atoms with van der Waals surface area (Å²) in [7, 11) is 0. The van der Waals surface area contributed by atoms with Crippen molar-refractivity contribution in [1.29, 1.82) is 0 Å². The lowest BCUT2D eigenvalue weighted by Crippen LogP contribution is -2.39. The molecule has 0 radical (unpaired) electrons. The van der Waals surface area contributed by atoms with E-state index in [9.17, 15) is 5.11 Å². The van der Waals surface area contributed by atoms with Crippen LogP contribution in [0.3, 0.4) is 0 Å². The van der Waals surface area contributed by atoms with Crippen molar-refractivity contribution in [2.45, 2.75) is 18.9 Å². The molecule has 2 aliphatic rings. The summed E-state index contributed by atoms with van der Waals surface area (Å²) in [6.07, 6.45) is 7.79. The van der Waals surface area contributed by atoms with Gasteiger partial charge in [0.15, 0.2) is 0 Å². The average Bonchev–Trinajstić information content (AvgIpc) is 3.39. The van der Waals surface area contributed by atoms with Gasteiger partial charge < -0.3 is 14.4 Å². The SMILES string of the molecule is O[C@@H](COc1cccc(-c2noc3ncccc23)c1)CN1CCC2=C(C=CC2)C1. The first-order chi connectivity index (χ1) is 14.3. The van der Waals surface area contributed by atoms with Crippen LogP contribution in [0.15, 0.2) is 70.4 Å². The Morgan fingerprint density at radius 2 is 2.21 bits per heavy atom. The number of allylic oxidation sites excluding steroid dienone is 1. The van der Waals surface area contributed by atoms with Crippen LogP contribution in [0.4, 0.5) is 0 Å². The zero-order valence-corrected chi connectivity index (χ0v) is 16.1. The number of benzene rings is 1. The van der Waals surface area contributed by atoms with E-state index in [0.717, 1.165) is 42.6 Å². The zero-order valence-electron chi connectivity index (χ0n) is 16.1. The summed E-state index contributed by atoms with van der Waals surface area (Å²) in [4.78, 5) is 6.48. The molecule has 0 fully saturated rings. The molecule has 1 aliphatic heterocycles. The highest BCUT2D eigenvalue weighted by atomic mass is 16.5. The molecular formula is C23H23N3O3. The summed E-state index contributed by atoms with van der Waals surface area (Å²) in [5.41, 5.74) is 5.13. The van der Waals surface area contributed by atoms with Crippen molar-refractivity contribution in [1.82, 2.24) is 15.0 Å². The number of rotatable bonds is 6. The van der Waals surface area contributed by atoms with Crippen LogP contribution in [0.5, 0.6) is 5.75 Å². The number of hydrogen-bond donors (Lipinski definition) is 1. The van der Waals surface area contributed by atoms with E-state index in [1.807, 2.05) is 36.4 Å². The first-order valence-corrected chi connectivity index (χ1v) is 9.98. The first-order valence-electron chi connectivity index (χ1n) is 9.98. The fourth-order valence-corrected chi connectivity index (χ4v) is 4.05. The molecule has 0 unspecified atom stereocenters.